The first kappa shape index (κ1) is 124. The molecule has 0 spiro atoms. The molecule has 0 saturated carbocycles. The number of carbonyl (C=O) groups excluding carboxylic acids is 6. The maximum absolute atomic E-state index is 14.4. The van der Waals surface area contributed by atoms with Gasteiger partial charge in [-0.05, 0) is 195 Å². The first-order chi connectivity index (χ1) is 60.2. The van der Waals surface area contributed by atoms with Crippen LogP contribution in [-0.2, 0) is 65.4 Å². The Kier molecular flexibility index (Phi) is 68.9. The number of esters is 4. The van der Waals surface area contributed by atoms with Gasteiger partial charge in [-0.1, -0.05) is 288 Å². The van der Waals surface area contributed by atoms with Gasteiger partial charge in [-0.25, -0.2) is 0 Å². The van der Waals surface area contributed by atoms with Crippen LogP contribution in [0.3, 0.4) is 0 Å². The highest BCUT2D eigenvalue weighted by molar-refractivity contribution is 6.75. The van der Waals surface area contributed by atoms with Crippen molar-refractivity contribution in [1.29, 1.82) is 0 Å². The molecule has 0 rings (SSSR count). The number of carbonyl (C=O) groups is 6. The Morgan fingerprint density at radius 3 is 0.688 bits per heavy atom. The van der Waals surface area contributed by atoms with Gasteiger partial charge in [0.15, 0.2) is 33.3 Å². The summed E-state index contributed by atoms with van der Waals surface area (Å²) in [6.07, 6.45) is 56.2. The second kappa shape index (κ2) is 70.9. The van der Waals surface area contributed by atoms with Gasteiger partial charge in [0, 0.05) is 92.1 Å². The van der Waals surface area contributed by atoms with E-state index in [1.54, 1.807) is 0 Å². The Labute approximate surface area is 793 Å². The van der Waals surface area contributed by atoms with Crippen molar-refractivity contribution in [3.8, 4) is 0 Å². The van der Waals surface area contributed by atoms with Crippen LogP contribution in [0.5, 0.6) is 0 Å². The van der Waals surface area contributed by atoms with Gasteiger partial charge in [0.25, 0.3) is 0 Å². The molecule has 0 bridgehead atoms. The second-order valence-electron chi connectivity index (χ2n) is 43.4. The normalized spacial score (nSPS) is 14.0. The minimum absolute atomic E-state index is 0.0220. The third-order valence-electron chi connectivity index (χ3n) is 27.1. The number of hydrogen-bond acceptors (Lipinski definition) is 17. The molecular formula is C105H205N5O14Si4. The lowest BCUT2D eigenvalue weighted by molar-refractivity contribution is -0.143. The van der Waals surface area contributed by atoms with Crippen LogP contribution >= 0.6 is 0 Å². The lowest BCUT2D eigenvalue weighted by Gasteiger charge is -2.43. The van der Waals surface area contributed by atoms with Crippen LogP contribution in [0, 0.1) is 0 Å². The number of unbranched alkanes of at least 4 members (excludes halogenated alkanes) is 24. The van der Waals surface area contributed by atoms with Crippen molar-refractivity contribution < 1.29 is 65.4 Å². The van der Waals surface area contributed by atoms with Crippen LogP contribution in [0.2, 0.25) is 72.5 Å². The van der Waals surface area contributed by atoms with E-state index in [0.29, 0.717) is 117 Å². The number of rotatable bonds is 80. The minimum atomic E-state index is -2.28. The number of ether oxygens (including phenoxy) is 4. The van der Waals surface area contributed by atoms with Crippen LogP contribution in [0.1, 0.15) is 380 Å². The topological polar surface area (TPSA) is 192 Å². The molecule has 19 nitrogen and oxygen atoms in total. The van der Waals surface area contributed by atoms with E-state index in [9.17, 15) is 28.8 Å². The molecule has 0 saturated heterocycles. The summed E-state index contributed by atoms with van der Waals surface area (Å²) in [5.41, 5.74) is 0. The minimum Gasteiger partial charge on any atom is -0.461 e. The van der Waals surface area contributed by atoms with Crippen molar-refractivity contribution in [2.45, 2.75) is 477 Å². The van der Waals surface area contributed by atoms with Gasteiger partial charge in [-0.2, -0.15) is 0 Å². The fourth-order valence-corrected chi connectivity index (χ4v) is 20.0. The molecule has 23 heteroatoms. The summed E-state index contributed by atoms with van der Waals surface area (Å²) >= 11 is 0. The Morgan fingerprint density at radius 1 is 0.273 bits per heavy atom. The summed E-state index contributed by atoms with van der Waals surface area (Å²) in [7, 11) is -3.48. The maximum atomic E-state index is 14.4. The van der Waals surface area contributed by atoms with E-state index >= 15 is 0 Å². The van der Waals surface area contributed by atoms with Crippen LogP contribution in [0.4, 0.5) is 0 Å². The smallest absolute Gasteiger partial charge is 0.306 e. The summed E-state index contributed by atoms with van der Waals surface area (Å²) in [5.74, 6) is -0.705. The van der Waals surface area contributed by atoms with Crippen molar-refractivity contribution >= 4 is 69.0 Å². The molecule has 0 fully saturated rings. The highest BCUT2D eigenvalue weighted by Gasteiger charge is 2.44. The number of hydrogen-bond donors (Lipinski definition) is 0. The average Bonchev–Trinajstić information content (AvgIpc) is 0.837. The molecule has 2 amide bonds. The summed E-state index contributed by atoms with van der Waals surface area (Å²) in [6, 6.07) is 0. The van der Waals surface area contributed by atoms with Crippen molar-refractivity contribution in [1.82, 2.24) is 24.5 Å². The standard InChI is InChI=1S/C105H205N5O14Si4/c1-28-32-36-40-44-48-64-82-117-98(113)74-60-52-56-70-92(121-125(20,21)102(5,6)7)86-109(87-93(122-126(22,23)103(8,9)10)71-57-53-61-75-99(114)118-83-65-49-45-41-37-33-29-2)80-68-78-107(18)96(111)90-106(17)91-97(112)108(19)79-69-81-110(88-94(123-127(24,25)104(11,12)13)72-58-54-62-76-100(115)119-84-66-50-46-42-38-34-30-3)89-95(124-128(26,27)105(14,15)16)73-59-55-63-77-101(116)120-85-67-51-47-43-39-35-31-4/h48-51,64-67,92-95H,28-47,52-63,68-91H2,1-27H3/b64-48-,65-49-,66-50-,67-51-. The van der Waals surface area contributed by atoms with Crippen LogP contribution < -0.4 is 0 Å². The molecule has 0 aliphatic carbocycles. The van der Waals surface area contributed by atoms with E-state index in [0.717, 1.165) is 154 Å². The zero-order valence-electron chi connectivity index (χ0n) is 88.5. The van der Waals surface area contributed by atoms with Gasteiger partial charge in [-0.3, -0.25) is 43.5 Å². The number of nitrogens with zero attached hydrogens (tertiary/aromatic N) is 5. The first-order valence-corrected chi connectivity index (χ1v) is 63.4. The van der Waals surface area contributed by atoms with Crippen molar-refractivity contribution in [2.75, 3.05) is 113 Å². The Hall–Kier alpha value is -3.63. The summed E-state index contributed by atoms with van der Waals surface area (Å²) in [4.78, 5) is 91.1. The van der Waals surface area contributed by atoms with Gasteiger partial charge >= 0.3 is 23.9 Å². The highest BCUT2D eigenvalue weighted by atomic mass is 28.4. The van der Waals surface area contributed by atoms with E-state index in [-0.39, 0.29) is 93.4 Å². The van der Waals surface area contributed by atoms with Gasteiger partial charge < -0.3 is 46.5 Å². The molecule has 0 aromatic carbocycles. The van der Waals surface area contributed by atoms with Gasteiger partial charge in [0.05, 0.1) is 37.5 Å². The Morgan fingerprint density at radius 2 is 0.484 bits per heavy atom. The molecule has 750 valence electrons. The van der Waals surface area contributed by atoms with E-state index in [1.165, 1.54) is 77.0 Å². The lowest BCUT2D eigenvalue weighted by atomic mass is 10.1. The van der Waals surface area contributed by atoms with Gasteiger partial charge in [0.1, 0.15) is 26.4 Å². The van der Waals surface area contributed by atoms with E-state index < -0.39 is 33.3 Å². The second-order valence-corrected chi connectivity index (χ2v) is 62.5. The molecule has 4 atom stereocenters. The Bertz CT molecular complexity index is 2630. The van der Waals surface area contributed by atoms with Crippen LogP contribution in [-0.4, -0.2) is 231 Å². The van der Waals surface area contributed by atoms with E-state index in [4.69, 9.17) is 36.7 Å². The first-order valence-electron chi connectivity index (χ1n) is 51.7. The average molecular weight is 1870 g/mol. The predicted molar refractivity (Wildman–Crippen MR) is 551 cm³/mol. The number of amides is 2. The molecule has 128 heavy (non-hydrogen) atoms. The summed E-state index contributed by atoms with van der Waals surface area (Å²) in [6.45, 7) is 61.9. The highest BCUT2D eigenvalue weighted by Crippen LogP contribution is 2.42. The maximum Gasteiger partial charge on any atom is 0.306 e. The fourth-order valence-electron chi connectivity index (χ4n) is 14.5. The third-order valence-corrected chi connectivity index (χ3v) is 45.2. The molecule has 0 aromatic heterocycles. The van der Waals surface area contributed by atoms with Gasteiger partial charge in [0.2, 0.25) is 11.8 Å². The quantitative estimate of drug-likeness (QED) is 0.0183. The fraction of sp³-hybridized carbons (Fsp3) is 0.867. The zero-order valence-corrected chi connectivity index (χ0v) is 92.5. The number of likely N-dealkylation sites (N-methyl/N-ethyl adjacent to an activating group) is 3. The van der Waals surface area contributed by atoms with Crippen molar-refractivity contribution in [3.63, 3.8) is 0 Å². The van der Waals surface area contributed by atoms with E-state index in [1.807, 2.05) is 60.1 Å². The molecule has 0 aromatic rings. The van der Waals surface area contributed by atoms with Crippen molar-refractivity contribution in [2.24, 2.45) is 0 Å². The Balaban J connectivity index is 7.08. The zero-order chi connectivity index (χ0) is 96.6. The molecule has 0 aliphatic rings. The largest absolute Gasteiger partial charge is 0.461 e. The van der Waals surface area contributed by atoms with E-state index in [2.05, 4.69) is 197 Å². The predicted octanol–water partition coefficient (Wildman–Crippen LogP) is 26.9. The van der Waals surface area contributed by atoms with Crippen LogP contribution in [0.15, 0.2) is 48.6 Å². The monoisotopic (exact) mass is 1870 g/mol. The molecule has 4 unspecified atom stereocenters. The lowest BCUT2D eigenvalue weighted by Crippen LogP contribution is -2.50. The molecule has 0 heterocycles. The molecule has 0 N–H and O–H groups in total. The summed E-state index contributed by atoms with van der Waals surface area (Å²) < 4.78 is 52.2. The summed E-state index contributed by atoms with van der Waals surface area (Å²) in [5, 5.41) is -0.0880. The third kappa shape index (κ3) is 63.6. The van der Waals surface area contributed by atoms with Crippen LogP contribution in [0.25, 0.3) is 0 Å². The molecule has 0 radical (unpaired) electrons. The SMILES string of the molecule is CCCCCC/C=C\COC(=O)CCCCCC(CN(CCCN(C)C(=O)CN(C)CC(=O)N(C)CCCN(CC(CCCCCC(=O)OC/C=C\CCCCCC)O[Si](C)(C)C(C)(C)C)CC(CCCCCC(=O)OC/C=C\CCCCCC)O[Si](C)(C)C(C)(C)C)CC(CCCCCC(=O)OC/C=C\CCCCCC)O[Si](C)(C)C(C)(C)C)O[Si](C)(C)C(C)(C)C. The van der Waals surface area contributed by atoms with Gasteiger partial charge in [-0.15, -0.1) is 0 Å². The van der Waals surface area contributed by atoms with Crippen molar-refractivity contribution in [3.05, 3.63) is 48.6 Å². The number of allylic oxidation sites excluding steroid dienone is 4. The molecular weight excluding hydrogens is 1670 g/mol. The molecule has 0 aliphatic heterocycles.